The number of amides is 1. The minimum atomic E-state index is -1.11. The predicted molar refractivity (Wildman–Crippen MR) is 157 cm³/mol. The highest BCUT2D eigenvalue weighted by Gasteiger charge is 2.34. The molecule has 1 aliphatic carbocycles. The van der Waals surface area contributed by atoms with Gasteiger partial charge in [0.25, 0.3) is 5.56 Å². The molecule has 1 amide bonds. The summed E-state index contributed by atoms with van der Waals surface area (Å²) < 4.78 is 29.2. The maximum atomic E-state index is 14.4. The molecule has 214 valence electrons. The molecular weight excluding hydrogens is 566 g/mol. The van der Waals surface area contributed by atoms with Crippen LogP contribution in [0, 0.1) is 18.6 Å². The average Bonchev–Trinajstić information content (AvgIpc) is 3.28. The third-order valence-corrected chi connectivity index (χ3v) is 8.21. The number of benzene rings is 3. The van der Waals surface area contributed by atoms with Gasteiger partial charge in [0, 0.05) is 45.3 Å². The topological polar surface area (TPSA) is 134 Å². The standard InChI is InChI=1S/C31H25ClF2N4O4/c1-13-16(5-4-6-23(13)38-29(40)19-10-15(33)11-21(34)26(19)37-30(38)41)24-20(32)12-18(28(35)39)27-25(24)17-8-7-14(31(2,3)42)9-22(17)36-27/h4-11,18,36,42H,12H2,1-3H3,(H2,35,39)(H,37,41)/t18-/m0/s1. The molecule has 8 nitrogen and oxygen atoms in total. The van der Waals surface area contributed by atoms with Crippen molar-refractivity contribution in [3.05, 3.63) is 114 Å². The van der Waals surface area contributed by atoms with Crippen LogP contribution < -0.4 is 17.0 Å². The molecule has 0 spiro atoms. The van der Waals surface area contributed by atoms with Crippen LogP contribution in [-0.2, 0) is 10.4 Å². The number of allylic oxidation sites excluding steroid dienone is 1. The molecule has 1 atom stereocenters. The van der Waals surface area contributed by atoms with Crippen molar-refractivity contribution in [3.63, 3.8) is 0 Å². The molecule has 2 heterocycles. The van der Waals surface area contributed by atoms with Gasteiger partial charge in [-0.3, -0.25) is 9.59 Å². The van der Waals surface area contributed by atoms with Crippen molar-refractivity contribution in [2.24, 2.45) is 5.73 Å². The van der Waals surface area contributed by atoms with Crippen LogP contribution >= 0.6 is 11.6 Å². The van der Waals surface area contributed by atoms with Crippen LogP contribution in [0.1, 0.15) is 54.1 Å². The van der Waals surface area contributed by atoms with Crippen LogP contribution in [0.25, 0.3) is 33.1 Å². The Kier molecular flexibility index (Phi) is 6.25. The molecule has 5 aromatic rings. The number of nitrogens with two attached hydrogens (primary N) is 1. The van der Waals surface area contributed by atoms with Gasteiger partial charge in [0.1, 0.15) is 5.82 Å². The molecule has 1 aliphatic rings. The average molecular weight is 591 g/mol. The number of nitrogens with zero attached hydrogens (tertiary/aromatic N) is 1. The van der Waals surface area contributed by atoms with Crippen LogP contribution in [0.5, 0.6) is 0 Å². The third kappa shape index (κ3) is 4.17. The number of aromatic nitrogens is 3. The van der Waals surface area contributed by atoms with Crippen LogP contribution in [0.15, 0.2) is 63.2 Å². The summed E-state index contributed by atoms with van der Waals surface area (Å²) in [7, 11) is 0. The van der Waals surface area contributed by atoms with E-state index in [1.54, 1.807) is 51.1 Å². The Bertz CT molecular complexity index is 2140. The second kappa shape index (κ2) is 9.50. The molecule has 0 aliphatic heterocycles. The van der Waals surface area contributed by atoms with Gasteiger partial charge in [-0.25, -0.2) is 18.1 Å². The zero-order valence-corrected chi connectivity index (χ0v) is 23.5. The van der Waals surface area contributed by atoms with Gasteiger partial charge in [0.05, 0.1) is 28.1 Å². The quantitative estimate of drug-likeness (QED) is 0.236. The molecule has 0 unspecified atom stereocenters. The molecular formula is C31H25ClF2N4O4. The summed E-state index contributed by atoms with van der Waals surface area (Å²) in [6.07, 6.45) is 0.114. The smallest absolute Gasteiger partial charge is 0.333 e. The van der Waals surface area contributed by atoms with Crippen LogP contribution in [0.3, 0.4) is 0 Å². The number of hydrogen-bond acceptors (Lipinski definition) is 4. The SMILES string of the molecule is Cc1c(C2=C(Cl)C[C@H](C(N)=O)c3[nH]c4cc(C(C)(C)O)ccc4c32)cccc1-n1c(=O)[nH]c2c(F)cc(F)cc2c1=O. The summed E-state index contributed by atoms with van der Waals surface area (Å²) in [5.74, 6) is -3.32. The number of fused-ring (bicyclic) bond motifs is 4. The lowest BCUT2D eigenvalue weighted by Gasteiger charge is -2.25. The van der Waals surface area contributed by atoms with Crippen LogP contribution in [0.4, 0.5) is 8.78 Å². The number of halogens is 3. The van der Waals surface area contributed by atoms with Gasteiger partial charge in [0.2, 0.25) is 5.91 Å². The Balaban J connectivity index is 1.62. The first-order valence-corrected chi connectivity index (χ1v) is 13.5. The number of aliphatic hydroxyl groups is 1. The lowest BCUT2D eigenvalue weighted by Crippen LogP contribution is -2.34. The number of rotatable bonds is 4. The molecule has 6 rings (SSSR count). The van der Waals surface area contributed by atoms with Crippen molar-refractivity contribution in [1.82, 2.24) is 14.5 Å². The minimum Gasteiger partial charge on any atom is -0.386 e. The zero-order chi connectivity index (χ0) is 30.2. The minimum absolute atomic E-state index is 0.114. The Morgan fingerprint density at radius 3 is 2.52 bits per heavy atom. The maximum Gasteiger partial charge on any atom is 0.333 e. The fraction of sp³-hybridized carbons (Fsp3) is 0.194. The van der Waals surface area contributed by atoms with Crippen LogP contribution in [0.2, 0.25) is 0 Å². The van der Waals surface area contributed by atoms with Crippen LogP contribution in [-0.4, -0.2) is 25.5 Å². The number of hydrogen-bond donors (Lipinski definition) is 4. The van der Waals surface area contributed by atoms with Gasteiger partial charge in [-0.1, -0.05) is 35.9 Å². The van der Waals surface area contributed by atoms with Crippen molar-refractivity contribution in [2.45, 2.75) is 38.7 Å². The highest BCUT2D eigenvalue weighted by atomic mass is 35.5. The van der Waals surface area contributed by atoms with Gasteiger partial charge in [-0.15, -0.1) is 0 Å². The van der Waals surface area contributed by atoms with E-state index in [0.717, 1.165) is 16.0 Å². The highest BCUT2D eigenvalue weighted by molar-refractivity contribution is 6.34. The number of aromatic amines is 2. The Hall–Kier alpha value is -4.54. The predicted octanol–water partition coefficient (Wildman–Crippen LogP) is 4.95. The normalized spacial score (nSPS) is 15.5. The lowest BCUT2D eigenvalue weighted by molar-refractivity contribution is -0.119. The zero-order valence-electron chi connectivity index (χ0n) is 22.7. The first kappa shape index (κ1) is 27.6. The van der Waals surface area contributed by atoms with E-state index < -0.39 is 40.3 Å². The third-order valence-electron chi connectivity index (χ3n) is 7.87. The monoisotopic (exact) mass is 590 g/mol. The van der Waals surface area contributed by atoms with Crippen molar-refractivity contribution < 1.29 is 18.7 Å². The summed E-state index contributed by atoms with van der Waals surface area (Å²) in [5.41, 5.74) is 6.81. The fourth-order valence-corrected chi connectivity index (χ4v) is 6.12. The molecule has 5 N–H and O–H groups in total. The lowest BCUT2D eigenvalue weighted by atomic mass is 9.81. The van der Waals surface area contributed by atoms with Crippen molar-refractivity contribution in [1.29, 1.82) is 0 Å². The van der Waals surface area contributed by atoms with Gasteiger partial charge in [0.15, 0.2) is 5.82 Å². The largest absolute Gasteiger partial charge is 0.386 e. The van der Waals surface area contributed by atoms with E-state index in [4.69, 9.17) is 17.3 Å². The summed E-state index contributed by atoms with van der Waals surface area (Å²) >= 11 is 6.89. The number of primary amides is 1. The first-order chi connectivity index (χ1) is 19.8. The van der Waals surface area contributed by atoms with Gasteiger partial charge in [-0.2, -0.15) is 0 Å². The summed E-state index contributed by atoms with van der Waals surface area (Å²) in [5, 5.41) is 11.3. The Labute approximate surface area is 242 Å². The molecule has 0 saturated carbocycles. The van der Waals surface area contributed by atoms with E-state index in [9.17, 15) is 28.3 Å². The van der Waals surface area contributed by atoms with Crippen molar-refractivity contribution in [2.75, 3.05) is 0 Å². The van der Waals surface area contributed by atoms with E-state index in [0.29, 0.717) is 50.1 Å². The summed E-state index contributed by atoms with van der Waals surface area (Å²) in [6.45, 7) is 5.03. The van der Waals surface area contributed by atoms with E-state index in [1.807, 2.05) is 6.07 Å². The molecule has 0 bridgehead atoms. The molecule has 0 saturated heterocycles. The van der Waals surface area contributed by atoms with Gasteiger partial charge < -0.3 is 20.8 Å². The Morgan fingerprint density at radius 1 is 1.10 bits per heavy atom. The summed E-state index contributed by atoms with van der Waals surface area (Å²) in [6, 6.07) is 11.8. The van der Waals surface area contributed by atoms with Gasteiger partial charge >= 0.3 is 5.69 Å². The van der Waals surface area contributed by atoms with E-state index in [-0.39, 0.29) is 23.0 Å². The van der Waals surface area contributed by atoms with Crippen molar-refractivity contribution in [3.8, 4) is 5.69 Å². The first-order valence-electron chi connectivity index (χ1n) is 13.1. The van der Waals surface area contributed by atoms with Crippen molar-refractivity contribution >= 4 is 44.9 Å². The Morgan fingerprint density at radius 2 is 1.83 bits per heavy atom. The molecule has 2 aromatic heterocycles. The molecule has 0 fully saturated rings. The number of H-pyrrole nitrogens is 2. The number of nitrogens with one attached hydrogen (secondary N) is 2. The van der Waals surface area contributed by atoms with E-state index in [1.165, 1.54) is 0 Å². The molecule has 3 aromatic carbocycles. The fourth-order valence-electron chi connectivity index (χ4n) is 5.77. The maximum absolute atomic E-state index is 14.4. The number of carbonyl (C=O) groups is 1. The molecule has 42 heavy (non-hydrogen) atoms. The second-order valence-electron chi connectivity index (χ2n) is 11.0. The molecule has 11 heteroatoms. The van der Waals surface area contributed by atoms with Gasteiger partial charge in [-0.05, 0) is 55.7 Å². The second-order valence-corrected chi connectivity index (χ2v) is 11.5. The van der Waals surface area contributed by atoms with E-state index >= 15 is 0 Å². The summed E-state index contributed by atoms with van der Waals surface area (Å²) in [4.78, 5) is 44.7. The number of carbonyl (C=O) groups excluding carboxylic acids is 1. The van der Waals surface area contributed by atoms with E-state index in [2.05, 4.69) is 9.97 Å². The molecule has 0 radical (unpaired) electrons. The highest BCUT2D eigenvalue weighted by Crippen LogP contribution is 2.47.